The predicted octanol–water partition coefficient (Wildman–Crippen LogP) is 1.99. The van der Waals surface area contributed by atoms with Gasteiger partial charge in [-0.25, -0.2) is 0 Å². The minimum Gasteiger partial charge on any atom is -0.484 e. The molecule has 8 nitrogen and oxygen atoms in total. The van der Waals surface area contributed by atoms with Gasteiger partial charge < -0.3 is 14.5 Å². The van der Waals surface area contributed by atoms with Crippen LogP contribution < -0.4 is 10.1 Å². The van der Waals surface area contributed by atoms with Crippen LogP contribution in [0, 0.1) is 10.1 Å². The standard InChI is InChI=1S/C16H19N3O5/c1-18(2)14(15-7-4-8-23-15)10-17-16(20)11-24-13-6-3-5-12(9-13)19(21)22/h3-9,14H,10-11H2,1-2H3,(H,17,20). The van der Waals surface area contributed by atoms with E-state index in [1.54, 1.807) is 18.4 Å². The first-order valence-electron chi connectivity index (χ1n) is 7.31. The number of carbonyl (C=O) groups is 1. The third kappa shape index (κ3) is 4.82. The summed E-state index contributed by atoms with van der Waals surface area (Å²) in [7, 11) is 3.78. The quantitative estimate of drug-likeness (QED) is 0.586. The summed E-state index contributed by atoms with van der Waals surface area (Å²) in [5.41, 5.74) is -0.0848. The molecule has 2 rings (SSSR count). The fourth-order valence-corrected chi connectivity index (χ4v) is 2.12. The summed E-state index contributed by atoms with van der Waals surface area (Å²) in [6.07, 6.45) is 1.58. The zero-order chi connectivity index (χ0) is 17.5. The smallest absolute Gasteiger partial charge is 0.273 e. The van der Waals surface area contributed by atoms with E-state index in [1.807, 2.05) is 25.1 Å². The van der Waals surface area contributed by atoms with Crippen molar-refractivity contribution in [2.24, 2.45) is 0 Å². The Bertz CT molecular complexity index is 685. The van der Waals surface area contributed by atoms with Gasteiger partial charge in [0.1, 0.15) is 11.5 Å². The molecule has 0 aliphatic carbocycles. The van der Waals surface area contributed by atoms with E-state index in [9.17, 15) is 14.9 Å². The molecular formula is C16H19N3O5. The van der Waals surface area contributed by atoms with Crippen LogP contribution in [-0.2, 0) is 4.79 Å². The molecule has 0 bridgehead atoms. The third-order valence-electron chi connectivity index (χ3n) is 3.39. The van der Waals surface area contributed by atoms with Crippen molar-refractivity contribution in [2.45, 2.75) is 6.04 Å². The monoisotopic (exact) mass is 333 g/mol. The van der Waals surface area contributed by atoms with Gasteiger partial charge in [0.25, 0.3) is 11.6 Å². The number of nitrogens with one attached hydrogen (secondary N) is 1. The maximum absolute atomic E-state index is 11.9. The van der Waals surface area contributed by atoms with Crippen LogP contribution in [0.4, 0.5) is 5.69 Å². The first-order valence-corrected chi connectivity index (χ1v) is 7.31. The molecule has 1 heterocycles. The topological polar surface area (TPSA) is 97.9 Å². The Hall–Kier alpha value is -2.87. The lowest BCUT2D eigenvalue weighted by Gasteiger charge is -2.22. The zero-order valence-corrected chi connectivity index (χ0v) is 13.5. The number of ether oxygens (including phenoxy) is 1. The Morgan fingerprint density at radius 2 is 2.17 bits per heavy atom. The van der Waals surface area contributed by atoms with Gasteiger partial charge in [0.2, 0.25) is 0 Å². The predicted molar refractivity (Wildman–Crippen MR) is 86.7 cm³/mol. The van der Waals surface area contributed by atoms with Gasteiger partial charge in [0, 0.05) is 12.6 Å². The van der Waals surface area contributed by atoms with E-state index in [2.05, 4.69) is 5.32 Å². The fourth-order valence-electron chi connectivity index (χ4n) is 2.12. The van der Waals surface area contributed by atoms with Crippen LogP contribution in [0.5, 0.6) is 5.75 Å². The van der Waals surface area contributed by atoms with Crippen molar-refractivity contribution in [3.63, 3.8) is 0 Å². The lowest BCUT2D eigenvalue weighted by molar-refractivity contribution is -0.384. The minimum absolute atomic E-state index is 0.0848. The molecule has 0 aliphatic heterocycles. The minimum atomic E-state index is -0.516. The Morgan fingerprint density at radius 3 is 2.79 bits per heavy atom. The van der Waals surface area contributed by atoms with Gasteiger partial charge in [0.05, 0.1) is 23.3 Å². The number of nitro groups is 1. The lowest BCUT2D eigenvalue weighted by atomic mass is 10.2. The molecule has 0 saturated heterocycles. The lowest BCUT2D eigenvalue weighted by Crippen LogP contribution is -2.36. The number of nitro benzene ring substituents is 1. The van der Waals surface area contributed by atoms with Crippen molar-refractivity contribution in [3.05, 3.63) is 58.5 Å². The number of rotatable bonds is 8. The Labute approximate surface area is 139 Å². The van der Waals surface area contributed by atoms with E-state index < -0.39 is 4.92 Å². The van der Waals surface area contributed by atoms with E-state index in [-0.39, 0.29) is 30.0 Å². The average molecular weight is 333 g/mol. The van der Waals surface area contributed by atoms with Gasteiger partial charge in [-0.1, -0.05) is 6.07 Å². The Morgan fingerprint density at radius 1 is 1.38 bits per heavy atom. The molecule has 0 aliphatic rings. The number of carbonyl (C=O) groups excluding carboxylic acids is 1. The molecule has 1 amide bonds. The van der Waals surface area contributed by atoms with Crippen LogP contribution >= 0.6 is 0 Å². The summed E-state index contributed by atoms with van der Waals surface area (Å²) in [6, 6.07) is 9.24. The molecule has 1 unspecified atom stereocenters. The molecule has 1 aromatic carbocycles. The summed E-state index contributed by atoms with van der Waals surface area (Å²) in [6.45, 7) is 0.136. The van der Waals surface area contributed by atoms with Gasteiger partial charge in [-0.3, -0.25) is 19.8 Å². The number of hydrogen-bond acceptors (Lipinski definition) is 6. The molecule has 1 atom stereocenters. The number of non-ortho nitro benzene ring substituents is 1. The summed E-state index contributed by atoms with van der Waals surface area (Å²) in [4.78, 5) is 24.0. The van der Waals surface area contributed by atoms with Crippen molar-refractivity contribution in [3.8, 4) is 5.75 Å². The second-order valence-corrected chi connectivity index (χ2v) is 5.34. The van der Waals surface area contributed by atoms with Crippen LogP contribution in [-0.4, -0.2) is 43.0 Å². The molecule has 0 fully saturated rings. The highest BCUT2D eigenvalue weighted by Crippen LogP contribution is 2.19. The van der Waals surface area contributed by atoms with Gasteiger partial charge >= 0.3 is 0 Å². The van der Waals surface area contributed by atoms with Crippen molar-refractivity contribution in [1.82, 2.24) is 10.2 Å². The van der Waals surface area contributed by atoms with E-state index in [4.69, 9.17) is 9.15 Å². The fraction of sp³-hybridized carbons (Fsp3) is 0.312. The summed E-state index contributed by atoms with van der Waals surface area (Å²) < 4.78 is 10.7. The molecule has 24 heavy (non-hydrogen) atoms. The summed E-state index contributed by atoms with van der Waals surface area (Å²) in [5.74, 6) is 0.703. The number of furan rings is 1. The maximum atomic E-state index is 11.9. The van der Waals surface area contributed by atoms with Crippen LogP contribution in [0.25, 0.3) is 0 Å². The number of nitrogens with zero attached hydrogens (tertiary/aromatic N) is 2. The Balaban J connectivity index is 1.85. The third-order valence-corrected chi connectivity index (χ3v) is 3.39. The van der Waals surface area contributed by atoms with E-state index in [0.29, 0.717) is 6.54 Å². The second kappa shape index (κ2) is 8.11. The summed E-state index contributed by atoms with van der Waals surface area (Å²) in [5, 5.41) is 13.5. The molecule has 0 spiro atoms. The first kappa shape index (κ1) is 17.5. The maximum Gasteiger partial charge on any atom is 0.273 e. The molecule has 0 radical (unpaired) electrons. The van der Waals surface area contributed by atoms with Gasteiger partial charge in [0.15, 0.2) is 6.61 Å². The molecule has 2 aromatic rings. The van der Waals surface area contributed by atoms with Crippen LogP contribution in [0.2, 0.25) is 0 Å². The van der Waals surface area contributed by atoms with Crippen molar-refractivity contribution in [1.29, 1.82) is 0 Å². The highest BCUT2D eigenvalue weighted by molar-refractivity contribution is 5.77. The van der Waals surface area contributed by atoms with Crippen molar-refractivity contribution < 1.29 is 18.9 Å². The van der Waals surface area contributed by atoms with E-state index in [0.717, 1.165) is 5.76 Å². The number of likely N-dealkylation sites (N-methyl/N-ethyl adjacent to an activating group) is 1. The zero-order valence-electron chi connectivity index (χ0n) is 13.5. The normalized spacial score (nSPS) is 12.0. The van der Waals surface area contributed by atoms with Crippen LogP contribution in [0.1, 0.15) is 11.8 Å². The van der Waals surface area contributed by atoms with Gasteiger partial charge in [-0.05, 0) is 32.3 Å². The SMILES string of the molecule is CN(C)C(CNC(=O)COc1cccc([N+](=O)[O-])c1)c1ccco1. The van der Waals surface area contributed by atoms with Gasteiger partial charge in [-0.15, -0.1) is 0 Å². The molecule has 1 aromatic heterocycles. The van der Waals surface area contributed by atoms with E-state index >= 15 is 0 Å². The molecular weight excluding hydrogens is 314 g/mol. The number of amides is 1. The average Bonchev–Trinajstić information content (AvgIpc) is 3.07. The van der Waals surface area contributed by atoms with Crippen LogP contribution in [0.15, 0.2) is 47.1 Å². The molecule has 128 valence electrons. The molecule has 8 heteroatoms. The highest BCUT2D eigenvalue weighted by Gasteiger charge is 2.18. The van der Waals surface area contributed by atoms with Crippen LogP contribution in [0.3, 0.4) is 0 Å². The summed E-state index contributed by atoms with van der Waals surface area (Å²) >= 11 is 0. The van der Waals surface area contributed by atoms with E-state index in [1.165, 1.54) is 18.2 Å². The Kier molecular flexibility index (Phi) is 5.91. The number of benzene rings is 1. The molecule has 0 saturated carbocycles. The largest absolute Gasteiger partial charge is 0.484 e. The van der Waals surface area contributed by atoms with Gasteiger partial charge in [-0.2, -0.15) is 0 Å². The highest BCUT2D eigenvalue weighted by atomic mass is 16.6. The van der Waals surface area contributed by atoms with Crippen molar-refractivity contribution in [2.75, 3.05) is 27.2 Å². The number of hydrogen-bond donors (Lipinski definition) is 1. The van der Waals surface area contributed by atoms with Crippen molar-refractivity contribution >= 4 is 11.6 Å². The molecule has 1 N–H and O–H groups in total. The second-order valence-electron chi connectivity index (χ2n) is 5.34. The first-order chi connectivity index (χ1) is 11.5.